The van der Waals surface area contributed by atoms with Gasteiger partial charge in [0.05, 0.1) is 0 Å². The second-order valence-electron chi connectivity index (χ2n) is 18.6. The normalized spacial score (nSPS) is 12.8. The van der Waals surface area contributed by atoms with Gasteiger partial charge in [0.15, 0.2) is 0 Å². The zero-order chi connectivity index (χ0) is 37.7. The minimum Gasteiger partial charge on any atom is -0.507 e. The van der Waals surface area contributed by atoms with E-state index in [0.29, 0.717) is 25.7 Å². The zero-order valence-corrected chi connectivity index (χ0v) is 33.2. The number of hydrogen-bond acceptors (Lipinski definition) is 4. The van der Waals surface area contributed by atoms with Crippen molar-refractivity contribution in [3.05, 3.63) is 115 Å². The minimum absolute atomic E-state index is 0.0933. The molecule has 0 aliphatic heterocycles. The van der Waals surface area contributed by atoms with Crippen LogP contribution in [0.4, 0.5) is 0 Å². The molecule has 270 valence electrons. The maximum absolute atomic E-state index is 12.0. The summed E-state index contributed by atoms with van der Waals surface area (Å²) in [6.07, 6.45) is 1.80. The highest BCUT2D eigenvalue weighted by molar-refractivity contribution is 5.57. The molecule has 0 saturated heterocycles. The summed E-state index contributed by atoms with van der Waals surface area (Å²) in [7, 11) is 0. The number of aryl methyl sites for hydroxylation is 2. The van der Waals surface area contributed by atoms with Crippen LogP contribution in [-0.4, -0.2) is 20.4 Å². The van der Waals surface area contributed by atoms with Crippen molar-refractivity contribution in [3.8, 4) is 23.0 Å². The molecule has 0 radical (unpaired) electrons. The smallest absolute Gasteiger partial charge is 0.122 e. The second-order valence-corrected chi connectivity index (χ2v) is 18.6. The molecule has 0 spiro atoms. The molecule has 0 aliphatic rings. The summed E-state index contributed by atoms with van der Waals surface area (Å²) >= 11 is 0. The van der Waals surface area contributed by atoms with Crippen LogP contribution in [0, 0.1) is 6.92 Å². The van der Waals surface area contributed by atoms with Crippen molar-refractivity contribution in [1.29, 1.82) is 0 Å². The Morgan fingerprint density at radius 1 is 0.360 bits per heavy atom. The highest BCUT2D eigenvalue weighted by Crippen LogP contribution is 2.41. The van der Waals surface area contributed by atoms with E-state index >= 15 is 0 Å². The fourth-order valence-electron chi connectivity index (χ4n) is 6.56. The monoisotopic (exact) mass is 678 g/mol. The molecule has 0 saturated carbocycles. The van der Waals surface area contributed by atoms with Crippen molar-refractivity contribution in [3.63, 3.8) is 0 Å². The lowest BCUT2D eigenvalue weighted by molar-refractivity contribution is 0.451. The molecule has 4 aromatic carbocycles. The third-order valence-corrected chi connectivity index (χ3v) is 10.2. The molecule has 50 heavy (non-hydrogen) atoms. The highest BCUT2D eigenvalue weighted by atomic mass is 16.3. The van der Waals surface area contributed by atoms with Crippen LogP contribution in [0.25, 0.3) is 0 Å². The molecular weight excluding hydrogens is 617 g/mol. The van der Waals surface area contributed by atoms with Gasteiger partial charge >= 0.3 is 0 Å². The number of aromatic hydroxyl groups is 4. The Hall–Kier alpha value is -3.92. The molecular formula is C46H62O4. The van der Waals surface area contributed by atoms with E-state index in [0.717, 1.165) is 66.8 Å². The van der Waals surface area contributed by atoms with E-state index in [-0.39, 0.29) is 44.7 Å². The summed E-state index contributed by atoms with van der Waals surface area (Å²) < 4.78 is 0. The van der Waals surface area contributed by atoms with E-state index in [1.807, 2.05) is 13.0 Å². The molecule has 0 bridgehead atoms. The van der Waals surface area contributed by atoms with Gasteiger partial charge in [-0.15, -0.1) is 0 Å². The summed E-state index contributed by atoms with van der Waals surface area (Å²) in [4.78, 5) is 0. The third-order valence-electron chi connectivity index (χ3n) is 10.2. The van der Waals surface area contributed by atoms with Gasteiger partial charge in [-0.3, -0.25) is 0 Å². The van der Waals surface area contributed by atoms with Gasteiger partial charge < -0.3 is 20.4 Å². The predicted molar refractivity (Wildman–Crippen MR) is 210 cm³/mol. The van der Waals surface area contributed by atoms with E-state index in [1.165, 1.54) is 0 Å². The Labute approximate surface area is 302 Å². The first-order valence-electron chi connectivity index (χ1n) is 18.2. The lowest BCUT2D eigenvalue weighted by Crippen LogP contribution is -2.14. The van der Waals surface area contributed by atoms with Crippen LogP contribution in [0.2, 0.25) is 0 Å². The Morgan fingerprint density at radius 2 is 0.580 bits per heavy atom. The number of phenols is 4. The Morgan fingerprint density at radius 3 is 0.840 bits per heavy atom. The maximum atomic E-state index is 12.0. The molecule has 0 amide bonds. The average molecular weight is 679 g/mol. The topological polar surface area (TPSA) is 80.9 Å². The van der Waals surface area contributed by atoms with Crippen LogP contribution in [0.3, 0.4) is 0 Å². The van der Waals surface area contributed by atoms with Gasteiger partial charge in [0.1, 0.15) is 23.0 Å². The summed E-state index contributed by atoms with van der Waals surface area (Å²) in [6.45, 7) is 30.0. The van der Waals surface area contributed by atoms with E-state index < -0.39 is 0 Å². The summed E-state index contributed by atoms with van der Waals surface area (Å²) in [5.41, 5.74) is 10.1. The van der Waals surface area contributed by atoms with Crippen LogP contribution in [0.15, 0.2) is 48.5 Å². The fraction of sp³-hybridized carbons (Fsp3) is 0.478. The van der Waals surface area contributed by atoms with Crippen molar-refractivity contribution in [2.75, 3.05) is 0 Å². The number of phenolic OH excluding ortho intramolecular Hbond substituents is 4. The molecule has 4 aromatic rings. The standard InChI is InChI=1S/C46H62O4/c1-15-28-20-36(44(6,7)8)22-30(40(28)48)18-32-24-38(46(12,13)14)26-34(42(32)50)19-33-25-37(45(9,10)11)23-31(41(33)49)17-29-21-35(43(3,4)5)16-27(2)39(29)47/h16,20-26,47-50H,15,17-19H2,1-14H3. The third kappa shape index (κ3) is 8.50. The Kier molecular flexibility index (Phi) is 10.6. The number of benzene rings is 4. The maximum Gasteiger partial charge on any atom is 0.122 e. The van der Waals surface area contributed by atoms with Crippen molar-refractivity contribution in [2.24, 2.45) is 0 Å². The lowest BCUT2D eigenvalue weighted by Gasteiger charge is -2.26. The van der Waals surface area contributed by atoms with E-state index in [2.05, 4.69) is 132 Å². The van der Waals surface area contributed by atoms with Gasteiger partial charge in [-0.2, -0.15) is 0 Å². The summed E-state index contributed by atoms with van der Waals surface area (Å²) in [5, 5.41) is 46.3. The first-order valence-corrected chi connectivity index (χ1v) is 18.2. The largest absolute Gasteiger partial charge is 0.507 e. The van der Waals surface area contributed by atoms with Gasteiger partial charge in [-0.05, 0) is 102 Å². The van der Waals surface area contributed by atoms with Gasteiger partial charge in [-0.1, -0.05) is 139 Å². The molecule has 0 aromatic heterocycles. The molecule has 4 rings (SSSR count). The first kappa shape index (κ1) is 38.9. The van der Waals surface area contributed by atoms with Crippen LogP contribution >= 0.6 is 0 Å². The SMILES string of the molecule is CCc1cc(C(C)(C)C)cc(Cc2cc(C(C)(C)C)cc(Cc3cc(C(C)(C)C)cc(Cc4cc(C(C)(C)C)cc(C)c4O)c3O)c2O)c1O. The quantitative estimate of drug-likeness (QED) is 0.157. The molecule has 4 nitrogen and oxygen atoms in total. The van der Waals surface area contributed by atoms with Crippen molar-refractivity contribution >= 4 is 0 Å². The van der Waals surface area contributed by atoms with Crippen LogP contribution in [0.5, 0.6) is 23.0 Å². The molecule has 4 N–H and O–H groups in total. The van der Waals surface area contributed by atoms with Crippen LogP contribution in [-0.2, 0) is 47.3 Å². The predicted octanol–water partition coefficient (Wildman–Crippen LogP) is 11.3. The lowest BCUT2D eigenvalue weighted by atomic mass is 9.80. The van der Waals surface area contributed by atoms with Crippen LogP contribution in [0.1, 0.15) is 157 Å². The molecule has 0 aliphatic carbocycles. The van der Waals surface area contributed by atoms with Crippen molar-refractivity contribution < 1.29 is 20.4 Å². The first-order chi connectivity index (χ1) is 22.8. The minimum atomic E-state index is -0.199. The van der Waals surface area contributed by atoms with E-state index in [4.69, 9.17) is 0 Å². The molecule has 0 unspecified atom stereocenters. The number of hydrogen-bond donors (Lipinski definition) is 4. The summed E-state index contributed by atoms with van der Waals surface area (Å²) in [5.74, 6) is 0.911. The van der Waals surface area contributed by atoms with Crippen LogP contribution < -0.4 is 0 Å². The number of rotatable bonds is 7. The highest BCUT2D eigenvalue weighted by Gasteiger charge is 2.26. The average Bonchev–Trinajstić information content (AvgIpc) is 2.97. The van der Waals surface area contributed by atoms with Gasteiger partial charge in [0.2, 0.25) is 0 Å². The van der Waals surface area contributed by atoms with Gasteiger partial charge in [0.25, 0.3) is 0 Å². The van der Waals surface area contributed by atoms with E-state index in [1.54, 1.807) is 0 Å². The Balaban J connectivity index is 1.89. The fourth-order valence-corrected chi connectivity index (χ4v) is 6.56. The molecule has 0 atom stereocenters. The molecule has 0 heterocycles. The summed E-state index contributed by atoms with van der Waals surface area (Å²) in [6, 6.07) is 16.5. The Bertz CT molecular complexity index is 1880. The molecule has 0 fully saturated rings. The van der Waals surface area contributed by atoms with Gasteiger partial charge in [0, 0.05) is 19.3 Å². The van der Waals surface area contributed by atoms with E-state index in [9.17, 15) is 20.4 Å². The zero-order valence-electron chi connectivity index (χ0n) is 33.2. The van der Waals surface area contributed by atoms with Gasteiger partial charge in [-0.25, -0.2) is 0 Å². The molecule has 4 heteroatoms. The van der Waals surface area contributed by atoms with Crippen molar-refractivity contribution in [2.45, 2.75) is 144 Å². The van der Waals surface area contributed by atoms with Crippen molar-refractivity contribution in [1.82, 2.24) is 0 Å². The second kappa shape index (κ2) is 13.7.